The highest BCUT2D eigenvalue weighted by molar-refractivity contribution is 5.85. The van der Waals surface area contributed by atoms with E-state index >= 15 is 0 Å². The Balaban J connectivity index is 2.61. The molecule has 0 spiro atoms. The number of carbonyl (C=O) groups is 1. The maximum absolute atomic E-state index is 11.9. The topological polar surface area (TPSA) is 66.6 Å². The van der Waals surface area contributed by atoms with Crippen molar-refractivity contribution in [3.8, 4) is 0 Å². The predicted octanol–water partition coefficient (Wildman–Crippen LogP) is 0.0971. The third kappa shape index (κ3) is 2.45. The van der Waals surface area contributed by atoms with Crippen LogP contribution in [0.15, 0.2) is 0 Å². The van der Waals surface area contributed by atoms with E-state index in [-0.39, 0.29) is 12.5 Å². The molecule has 0 radical (unpaired) electrons. The summed E-state index contributed by atoms with van der Waals surface area (Å²) >= 11 is 0. The molecule has 1 amide bonds. The number of hydrogen-bond donors (Lipinski definition) is 2. The van der Waals surface area contributed by atoms with Crippen molar-refractivity contribution < 1.29 is 9.90 Å². The van der Waals surface area contributed by atoms with Crippen molar-refractivity contribution in [3.05, 3.63) is 0 Å². The zero-order valence-electron chi connectivity index (χ0n) is 8.99. The van der Waals surface area contributed by atoms with Gasteiger partial charge in [-0.1, -0.05) is 0 Å². The second-order valence-electron chi connectivity index (χ2n) is 4.53. The molecule has 1 rings (SSSR count). The minimum absolute atomic E-state index is 0.0122. The maximum Gasteiger partial charge on any atom is 0.242 e. The molecule has 0 unspecified atom stereocenters. The third-order valence-electron chi connectivity index (χ3n) is 2.67. The number of amides is 1. The molecule has 1 aliphatic rings. The highest BCUT2D eigenvalue weighted by atomic mass is 16.3. The van der Waals surface area contributed by atoms with E-state index < -0.39 is 5.54 Å². The lowest BCUT2D eigenvalue weighted by Crippen LogP contribution is -2.56. The molecule has 0 bridgehead atoms. The fraction of sp³-hybridized carbons (Fsp3) is 0.900. The number of hydrogen-bond acceptors (Lipinski definition) is 3. The lowest BCUT2D eigenvalue weighted by atomic mass is 9.90. The van der Waals surface area contributed by atoms with E-state index in [4.69, 9.17) is 10.8 Å². The fourth-order valence-electron chi connectivity index (χ4n) is 1.63. The summed E-state index contributed by atoms with van der Waals surface area (Å²) in [5.41, 5.74) is 4.93. The van der Waals surface area contributed by atoms with Gasteiger partial charge in [-0.15, -0.1) is 0 Å². The Morgan fingerprint density at radius 1 is 1.57 bits per heavy atom. The van der Waals surface area contributed by atoms with Crippen LogP contribution in [-0.4, -0.2) is 40.6 Å². The molecule has 82 valence electrons. The van der Waals surface area contributed by atoms with Gasteiger partial charge in [0.1, 0.15) is 0 Å². The van der Waals surface area contributed by atoms with Crippen molar-refractivity contribution in [2.24, 2.45) is 5.73 Å². The summed E-state index contributed by atoms with van der Waals surface area (Å²) in [5.74, 6) is -0.0590. The third-order valence-corrected chi connectivity index (χ3v) is 2.67. The molecule has 1 fully saturated rings. The van der Waals surface area contributed by atoms with Gasteiger partial charge >= 0.3 is 0 Å². The first kappa shape index (κ1) is 11.5. The summed E-state index contributed by atoms with van der Waals surface area (Å²) in [6, 6.07) is 0.303. The van der Waals surface area contributed by atoms with Gasteiger partial charge in [-0.05, 0) is 33.1 Å². The highest BCUT2D eigenvalue weighted by Gasteiger charge is 2.34. The van der Waals surface area contributed by atoms with Gasteiger partial charge in [0, 0.05) is 12.6 Å². The number of aliphatic hydroxyl groups excluding tert-OH is 1. The number of rotatable bonds is 4. The van der Waals surface area contributed by atoms with Crippen LogP contribution < -0.4 is 5.73 Å². The lowest BCUT2D eigenvalue weighted by Gasteiger charge is -2.40. The number of nitrogens with two attached hydrogens (primary N) is 1. The average Bonchev–Trinajstić information content (AvgIpc) is 1.97. The van der Waals surface area contributed by atoms with E-state index in [2.05, 4.69) is 0 Å². The van der Waals surface area contributed by atoms with E-state index in [1.54, 1.807) is 18.7 Å². The molecular weight excluding hydrogens is 180 g/mol. The van der Waals surface area contributed by atoms with Gasteiger partial charge in [0.15, 0.2) is 0 Å². The quantitative estimate of drug-likeness (QED) is 0.676. The first-order valence-electron chi connectivity index (χ1n) is 5.17. The van der Waals surface area contributed by atoms with Gasteiger partial charge in [-0.3, -0.25) is 4.79 Å². The smallest absolute Gasteiger partial charge is 0.242 e. The normalized spacial score (nSPS) is 17.7. The van der Waals surface area contributed by atoms with Crippen LogP contribution in [0.3, 0.4) is 0 Å². The summed E-state index contributed by atoms with van der Waals surface area (Å²) < 4.78 is 0. The van der Waals surface area contributed by atoms with Crippen molar-refractivity contribution in [1.82, 2.24) is 4.90 Å². The summed E-state index contributed by atoms with van der Waals surface area (Å²) in [4.78, 5) is 13.6. The molecule has 1 aliphatic carbocycles. The van der Waals surface area contributed by atoms with Gasteiger partial charge < -0.3 is 15.7 Å². The van der Waals surface area contributed by atoms with Gasteiger partial charge in [0.05, 0.1) is 12.1 Å². The molecule has 0 saturated heterocycles. The molecule has 4 heteroatoms. The van der Waals surface area contributed by atoms with E-state index in [9.17, 15) is 4.79 Å². The van der Waals surface area contributed by atoms with Crippen LogP contribution in [-0.2, 0) is 4.79 Å². The minimum Gasteiger partial charge on any atom is -0.395 e. The van der Waals surface area contributed by atoms with E-state index in [0.717, 1.165) is 12.8 Å². The first-order valence-corrected chi connectivity index (χ1v) is 5.17. The van der Waals surface area contributed by atoms with Gasteiger partial charge in [0.25, 0.3) is 0 Å². The van der Waals surface area contributed by atoms with Crippen LogP contribution in [0.1, 0.15) is 33.1 Å². The number of carbonyl (C=O) groups excluding carboxylic acids is 1. The molecule has 0 aromatic heterocycles. The largest absolute Gasteiger partial charge is 0.395 e. The van der Waals surface area contributed by atoms with Gasteiger partial charge in [0.2, 0.25) is 5.91 Å². The number of aliphatic hydroxyl groups is 1. The SMILES string of the molecule is CC(C)(N)C(=O)N(CCO)C1CCC1. The number of nitrogens with zero attached hydrogens (tertiary/aromatic N) is 1. The van der Waals surface area contributed by atoms with E-state index in [0.29, 0.717) is 12.6 Å². The van der Waals surface area contributed by atoms with Crippen LogP contribution in [0.5, 0.6) is 0 Å². The Bertz CT molecular complexity index is 207. The zero-order valence-corrected chi connectivity index (χ0v) is 8.99. The molecule has 3 N–H and O–H groups in total. The second kappa shape index (κ2) is 4.28. The van der Waals surface area contributed by atoms with Crippen molar-refractivity contribution in [3.63, 3.8) is 0 Å². The van der Waals surface area contributed by atoms with E-state index in [1.807, 2.05) is 0 Å². The molecule has 1 saturated carbocycles. The standard InChI is InChI=1S/C10H20N2O2/c1-10(2,11)9(14)12(6-7-13)8-4-3-5-8/h8,13H,3-7,11H2,1-2H3. The van der Waals surface area contributed by atoms with Crippen LogP contribution in [0.25, 0.3) is 0 Å². The Labute approximate surface area is 85.1 Å². The lowest BCUT2D eigenvalue weighted by molar-refractivity contribution is -0.140. The summed E-state index contributed by atoms with van der Waals surface area (Å²) in [5, 5.41) is 8.89. The molecular formula is C10H20N2O2. The van der Waals surface area contributed by atoms with Gasteiger partial charge in [-0.25, -0.2) is 0 Å². The predicted molar refractivity (Wildman–Crippen MR) is 54.7 cm³/mol. The molecule has 0 aromatic rings. The Hall–Kier alpha value is -0.610. The molecule has 0 heterocycles. The van der Waals surface area contributed by atoms with Crippen LogP contribution in [0.2, 0.25) is 0 Å². The highest BCUT2D eigenvalue weighted by Crippen LogP contribution is 2.26. The van der Waals surface area contributed by atoms with Crippen LogP contribution >= 0.6 is 0 Å². The van der Waals surface area contributed by atoms with Crippen LogP contribution in [0.4, 0.5) is 0 Å². The first-order chi connectivity index (χ1) is 6.46. The molecule has 0 aromatic carbocycles. The van der Waals surface area contributed by atoms with E-state index in [1.165, 1.54) is 6.42 Å². The maximum atomic E-state index is 11.9. The molecule has 14 heavy (non-hydrogen) atoms. The molecule has 0 atom stereocenters. The summed E-state index contributed by atoms with van der Waals surface area (Å²) in [6.45, 7) is 3.83. The monoisotopic (exact) mass is 200 g/mol. The summed E-state index contributed by atoms with van der Waals surface area (Å²) in [6.07, 6.45) is 3.26. The molecule has 4 nitrogen and oxygen atoms in total. The summed E-state index contributed by atoms with van der Waals surface area (Å²) in [7, 11) is 0. The average molecular weight is 200 g/mol. The Kier molecular flexibility index (Phi) is 3.50. The second-order valence-corrected chi connectivity index (χ2v) is 4.53. The Morgan fingerprint density at radius 2 is 2.14 bits per heavy atom. The zero-order chi connectivity index (χ0) is 10.8. The fourth-order valence-corrected chi connectivity index (χ4v) is 1.63. The van der Waals surface area contributed by atoms with Crippen molar-refractivity contribution in [1.29, 1.82) is 0 Å². The molecule has 0 aliphatic heterocycles. The van der Waals surface area contributed by atoms with Crippen molar-refractivity contribution in [2.75, 3.05) is 13.2 Å². The van der Waals surface area contributed by atoms with Crippen molar-refractivity contribution in [2.45, 2.75) is 44.7 Å². The Morgan fingerprint density at radius 3 is 2.43 bits per heavy atom. The van der Waals surface area contributed by atoms with Crippen LogP contribution in [0, 0.1) is 0 Å². The van der Waals surface area contributed by atoms with Gasteiger partial charge in [-0.2, -0.15) is 0 Å². The van der Waals surface area contributed by atoms with Crippen molar-refractivity contribution >= 4 is 5.91 Å². The minimum atomic E-state index is -0.829.